The second-order valence-corrected chi connectivity index (χ2v) is 1.53. The molecule has 0 bridgehead atoms. The summed E-state index contributed by atoms with van der Waals surface area (Å²) in [4.78, 5) is 3.94. The van der Waals surface area contributed by atoms with Gasteiger partial charge in [0.1, 0.15) is 0 Å². The number of hydrogen-bond donors (Lipinski definition) is 1. The van der Waals surface area contributed by atoms with Crippen molar-refractivity contribution in [2.45, 2.75) is 19.4 Å². The van der Waals surface area contributed by atoms with Crippen molar-refractivity contribution in [2.24, 2.45) is 4.99 Å². The molecule has 1 atom stereocenters. The second kappa shape index (κ2) is 1.96. The molecule has 0 aromatic rings. The minimum Gasteiger partial charge on any atom is -0.360 e. The van der Waals surface area contributed by atoms with Crippen molar-refractivity contribution < 1.29 is 0 Å². The summed E-state index contributed by atoms with van der Waals surface area (Å²) in [6.45, 7) is 4.03. The molecule has 38 valence electrons. The Morgan fingerprint density at radius 1 is 2.00 bits per heavy atom. The van der Waals surface area contributed by atoms with E-state index in [1.165, 1.54) is 0 Å². The van der Waals surface area contributed by atoms with Gasteiger partial charge >= 0.3 is 0 Å². The van der Waals surface area contributed by atoms with Gasteiger partial charge in [-0.05, 0) is 6.42 Å². The largest absolute Gasteiger partial charge is 0.360 e. The Balaban J connectivity index is 2.28. The Morgan fingerprint density at radius 2 is 2.86 bits per heavy atom. The van der Waals surface area contributed by atoms with Crippen LogP contribution < -0.4 is 5.32 Å². The Morgan fingerprint density at radius 3 is 3.14 bits per heavy atom. The predicted octanol–water partition coefficient (Wildman–Crippen LogP) is 0.435. The van der Waals surface area contributed by atoms with Gasteiger partial charge in [0.15, 0.2) is 6.34 Å². The van der Waals surface area contributed by atoms with Crippen molar-refractivity contribution in [1.82, 2.24) is 5.32 Å². The van der Waals surface area contributed by atoms with Gasteiger partial charge in [-0.25, -0.2) is 0 Å². The average Bonchev–Trinajstić information content (AvgIpc) is 2.14. The van der Waals surface area contributed by atoms with E-state index in [2.05, 4.69) is 23.6 Å². The van der Waals surface area contributed by atoms with E-state index < -0.39 is 0 Å². The van der Waals surface area contributed by atoms with Crippen LogP contribution in [0, 0.1) is 6.54 Å². The molecular formula is C5H8N2. The standard InChI is InChI=1S/C5H8N2/c1-2-5-3-6-4-7-5/h3,5H,2H2,1H3,(H,6,7). The van der Waals surface area contributed by atoms with Gasteiger partial charge in [-0.1, -0.05) is 6.92 Å². The first-order valence-corrected chi connectivity index (χ1v) is 2.47. The number of hydrogen-bond acceptors (Lipinski definition) is 2. The van der Waals surface area contributed by atoms with Gasteiger partial charge in [-0.3, -0.25) is 4.99 Å². The fraction of sp³-hybridized carbons (Fsp3) is 0.600. The molecule has 0 amide bonds. The topological polar surface area (TPSA) is 24.4 Å². The van der Waals surface area contributed by atoms with Crippen molar-refractivity contribution in [3.8, 4) is 0 Å². The van der Waals surface area contributed by atoms with Crippen LogP contribution in [0.25, 0.3) is 0 Å². The smallest absolute Gasteiger partial charge is 0.164 e. The summed E-state index contributed by atoms with van der Waals surface area (Å²) in [5.41, 5.74) is 0. The van der Waals surface area contributed by atoms with E-state index in [1.54, 1.807) is 0 Å². The predicted molar refractivity (Wildman–Crippen MR) is 28.9 cm³/mol. The third-order valence-electron chi connectivity index (χ3n) is 0.989. The molecule has 0 aromatic carbocycles. The molecule has 1 aliphatic rings. The van der Waals surface area contributed by atoms with Gasteiger partial charge < -0.3 is 5.32 Å². The van der Waals surface area contributed by atoms with Crippen LogP contribution in [-0.2, 0) is 0 Å². The maximum absolute atomic E-state index is 3.94. The molecule has 0 saturated carbocycles. The molecule has 1 heterocycles. The van der Waals surface area contributed by atoms with E-state index in [0.29, 0.717) is 6.04 Å². The zero-order chi connectivity index (χ0) is 5.11. The van der Waals surface area contributed by atoms with E-state index in [1.807, 2.05) is 6.54 Å². The Bertz CT molecular complexity index is 78.1. The molecule has 0 spiro atoms. The summed E-state index contributed by atoms with van der Waals surface area (Å²) in [6.07, 6.45) is 3.71. The molecule has 2 nitrogen and oxygen atoms in total. The summed E-state index contributed by atoms with van der Waals surface area (Å²) in [5, 5.41) is 2.78. The molecule has 1 unspecified atom stereocenters. The first-order chi connectivity index (χ1) is 3.43. The van der Waals surface area contributed by atoms with E-state index in [9.17, 15) is 0 Å². The molecular weight excluding hydrogens is 88.1 g/mol. The molecule has 0 aliphatic carbocycles. The Hall–Kier alpha value is -0.530. The molecule has 0 aromatic heterocycles. The minimum absolute atomic E-state index is 0.375. The van der Waals surface area contributed by atoms with Gasteiger partial charge in [0, 0.05) is 0 Å². The lowest BCUT2D eigenvalue weighted by Crippen LogP contribution is -2.05. The highest BCUT2D eigenvalue weighted by Crippen LogP contribution is 2.00. The van der Waals surface area contributed by atoms with Gasteiger partial charge in [0.25, 0.3) is 0 Å². The number of nitrogens with zero attached hydrogens (tertiary/aromatic N) is 1. The van der Waals surface area contributed by atoms with Crippen molar-refractivity contribution in [1.29, 1.82) is 0 Å². The quantitative estimate of drug-likeness (QED) is 0.503. The summed E-state index contributed by atoms with van der Waals surface area (Å²) in [6, 6.07) is 0.375. The summed E-state index contributed by atoms with van der Waals surface area (Å²) in [5.74, 6) is 0. The zero-order valence-corrected chi connectivity index (χ0v) is 4.31. The maximum atomic E-state index is 3.94. The van der Waals surface area contributed by atoms with Crippen molar-refractivity contribution in [3.05, 3.63) is 6.54 Å². The highest BCUT2D eigenvalue weighted by atomic mass is 15.0. The fourth-order valence-electron chi connectivity index (χ4n) is 0.500. The zero-order valence-electron chi connectivity index (χ0n) is 4.31. The molecule has 0 fully saturated rings. The Kier molecular flexibility index (Phi) is 1.29. The van der Waals surface area contributed by atoms with Gasteiger partial charge in [-0.15, -0.1) is 0 Å². The highest BCUT2D eigenvalue weighted by molar-refractivity contribution is 5.58. The number of aliphatic imine (C=N–C) groups is 1. The summed E-state index contributed by atoms with van der Waals surface area (Å²) in [7, 11) is 0. The van der Waals surface area contributed by atoms with Crippen LogP contribution in [0.15, 0.2) is 4.99 Å². The SMILES string of the molecule is CCC1[CH]N[C]=N1. The van der Waals surface area contributed by atoms with Crippen molar-refractivity contribution in [2.75, 3.05) is 0 Å². The van der Waals surface area contributed by atoms with Crippen LogP contribution in [0.5, 0.6) is 0 Å². The lowest BCUT2D eigenvalue weighted by Gasteiger charge is -1.95. The van der Waals surface area contributed by atoms with E-state index in [4.69, 9.17) is 0 Å². The Labute approximate surface area is 43.6 Å². The monoisotopic (exact) mass is 96.1 g/mol. The van der Waals surface area contributed by atoms with Gasteiger partial charge in [0.05, 0.1) is 12.6 Å². The number of nitrogens with one attached hydrogen (secondary N) is 1. The molecule has 0 saturated heterocycles. The lowest BCUT2D eigenvalue weighted by molar-refractivity contribution is 0.744. The number of rotatable bonds is 1. The highest BCUT2D eigenvalue weighted by Gasteiger charge is 2.05. The van der Waals surface area contributed by atoms with E-state index >= 15 is 0 Å². The van der Waals surface area contributed by atoms with Crippen molar-refractivity contribution in [3.63, 3.8) is 0 Å². The molecule has 1 N–H and O–H groups in total. The lowest BCUT2D eigenvalue weighted by atomic mass is 10.2. The summed E-state index contributed by atoms with van der Waals surface area (Å²) >= 11 is 0. The van der Waals surface area contributed by atoms with Crippen LogP contribution in [0.3, 0.4) is 0 Å². The van der Waals surface area contributed by atoms with Gasteiger partial charge in [-0.2, -0.15) is 0 Å². The van der Waals surface area contributed by atoms with Crippen LogP contribution in [0.1, 0.15) is 13.3 Å². The summed E-state index contributed by atoms with van der Waals surface area (Å²) < 4.78 is 0. The van der Waals surface area contributed by atoms with Crippen LogP contribution in [0.2, 0.25) is 0 Å². The van der Waals surface area contributed by atoms with Crippen LogP contribution in [-0.4, -0.2) is 12.4 Å². The second-order valence-electron chi connectivity index (χ2n) is 1.53. The van der Waals surface area contributed by atoms with Crippen LogP contribution >= 0.6 is 0 Å². The van der Waals surface area contributed by atoms with E-state index in [-0.39, 0.29) is 0 Å². The molecule has 7 heavy (non-hydrogen) atoms. The third kappa shape index (κ3) is 0.918. The molecule has 1 aliphatic heterocycles. The maximum Gasteiger partial charge on any atom is 0.164 e. The first-order valence-electron chi connectivity index (χ1n) is 2.47. The first kappa shape index (κ1) is 4.62. The molecule has 2 radical (unpaired) electrons. The normalized spacial score (nSPS) is 27.9. The molecule has 2 heteroatoms. The molecule has 1 rings (SSSR count). The fourth-order valence-corrected chi connectivity index (χ4v) is 0.500. The van der Waals surface area contributed by atoms with Crippen LogP contribution in [0.4, 0.5) is 0 Å². The van der Waals surface area contributed by atoms with E-state index in [0.717, 1.165) is 6.42 Å². The average molecular weight is 96.1 g/mol. The van der Waals surface area contributed by atoms with Gasteiger partial charge in [0.2, 0.25) is 0 Å². The minimum atomic E-state index is 0.375. The third-order valence-corrected chi connectivity index (χ3v) is 0.989. The van der Waals surface area contributed by atoms with Crippen molar-refractivity contribution >= 4 is 6.34 Å².